The van der Waals surface area contributed by atoms with E-state index in [4.69, 9.17) is 0 Å². The number of amides is 2. The molecule has 1 aliphatic carbocycles. The van der Waals surface area contributed by atoms with Crippen LogP contribution in [0.25, 0.3) is 11.3 Å². The average Bonchev–Trinajstić information content (AvgIpc) is 3.50. The van der Waals surface area contributed by atoms with Crippen molar-refractivity contribution in [3.05, 3.63) is 53.9 Å². The molecule has 1 aliphatic heterocycles. The van der Waals surface area contributed by atoms with E-state index in [2.05, 4.69) is 26.0 Å². The summed E-state index contributed by atoms with van der Waals surface area (Å²) in [6.45, 7) is 1.21. The zero-order chi connectivity index (χ0) is 27.6. The van der Waals surface area contributed by atoms with E-state index < -0.39 is 29.8 Å². The monoisotopic (exact) mass is 556 g/mol. The fraction of sp³-hybridized carbons (Fsp3) is 0.333. The smallest absolute Gasteiger partial charge is 0.332 e. The molecule has 0 saturated heterocycles. The van der Waals surface area contributed by atoms with Crippen molar-refractivity contribution < 1.29 is 22.8 Å². The van der Waals surface area contributed by atoms with Gasteiger partial charge in [0.05, 0.1) is 11.7 Å². The molecule has 1 fully saturated rings. The van der Waals surface area contributed by atoms with Crippen molar-refractivity contribution in [3.8, 4) is 11.3 Å². The first-order valence-corrected chi connectivity index (χ1v) is 13.5. The fourth-order valence-electron chi connectivity index (χ4n) is 5.02. The minimum absolute atomic E-state index is 0.142. The lowest BCUT2D eigenvalue weighted by atomic mass is 9.82. The number of hydrogen-bond acceptors (Lipinski definition) is 7. The van der Waals surface area contributed by atoms with Crippen LogP contribution in [0, 0.1) is 5.92 Å². The second-order valence-electron chi connectivity index (χ2n) is 9.59. The van der Waals surface area contributed by atoms with Crippen LogP contribution in [0.5, 0.6) is 0 Å². The van der Waals surface area contributed by atoms with E-state index in [1.165, 1.54) is 23.3 Å². The first-order chi connectivity index (χ1) is 18.7. The Morgan fingerprint density at radius 1 is 1.03 bits per heavy atom. The summed E-state index contributed by atoms with van der Waals surface area (Å²) in [6, 6.07) is 14.0. The molecule has 2 unspecified atom stereocenters. The third-order valence-electron chi connectivity index (χ3n) is 6.70. The van der Waals surface area contributed by atoms with Crippen LogP contribution in [-0.2, 0) is 9.59 Å². The van der Waals surface area contributed by atoms with Gasteiger partial charge in [-0.05, 0) is 49.2 Å². The molecule has 2 aromatic carbocycles. The highest BCUT2D eigenvalue weighted by Crippen LogP contribution is 2.39. The summed E-state index contributed by atoms with van der Waals surface area (Å²) in [7, 11) is 0. The number of carbonyl (C=O) groups excluding carboxylic acids is 2. The van der Waals surface area contributed by atoms with Crippen molar-refractivity contribution in [1.29, 1.82) is 0 Å². The number of anilines is 4. The highest BCUT2D eigenvalue weighted by molar-refractivity contribution is 7.14. The molecule has 0 bridgehead atoms. The Labute approximate surface area is 227 Å². The second kappa shape index (κ2) is 11.0. The maximum atomic E-state index is 13.5. The van der Waals surface area contributed by atoms with Gasteiger partial charge in [0, 0.05) is 40.8 Å². The van der Waals surface area contributed by atoms with Gasteiger partial charge in [0.15, 0.2) is 5.13 Å². The zero-order valence-corrected chi connectivity index (χ0v) is 21.9. The standard InChI is InChI=1S/C27H27F3N6O2S/c1-16(37)31-18-9-11-19(12-10-18)33-26-34-22(15-39-26)17-5-4-6-20(13-17)32-24(38)14-36-23-8-3-2-7-21(23)25(35-36)27(28,29)30/h4-6,9-13,15,21,23H,2-3,7-8,14H2,1H3,(H,31,37)(H,32,38)(H,33,34). The maximum absolute atomic E-state index is 13.5. The maximum Gasteiger partial charge on any atom is 0.431 e. The summed E-state index contributed by atoms with van der Waals surface area (Å²) in [6.07, 6.45) is -1.89. The van der Waals surface area contributed by atoms with Crippen molar-refractivity contribution >= 4 is 51.1 Å². The third-order valence-corrected chi connectivity index (χ3v) is 7.46. The second-order valence-corrected chi connectivity index (χ2v) is 10.4. The summed E-state index contributed by atoms with van der Waals surface area (Å²) in [5.74, 6) is -1.24. The predicted molar refractivity (Wildman–Crippen MR) is 146 cm³/mol. The molecule has 2 heterocycles. The van der Waals surface area contributed by atoms with Gasteiger partial charge >= 0.3 is 6.18 Å². The number of halogens is 3. The van der Waals surface area contributed by atoms with E-state index in [1.807, 2.05) is 23.6 Å². The largest absolute Gasteiger partial charge is 0.431 e. The van der Waals surface area contributed by atoms with E-state index in [1.54, 1.807) is 30.3 Å². The van der Waals surface area contributed by atoms with Gasteiger partial charge in [0.25, 0.3) is 0 Å². The molecule has 2 aliphatic rings. The average molecular weight is 557 g/mol. The number of hydrogen-bond donors (Lipinski definition) is 3. The molecule has 0 radical (unpaired) electrons. The van der Waals surface area contributed by atoms with Gasteiger partial charge in [-0.1, -0.05) is 25.0 Å². The lowest BCUT2D eigenvalue weighted by Crippen LogP contribution is -2.41. The number of thiazole rings is 1. The Balaban J connectivity index is 1.22. The van der Waals surface area contributed by atoms with Crippen LogP contribution >= 0.6 is 11.3 Å². The number of nitrogens with one attached hydrogen (secondary N) is 3. The number of hydrazone groups is 1. The highest BCUT2D eigenvalue weighted by atomic mass is 32.1. The van der Waals surface area contributed by atoms with Gasteiger partial charge < -0.3 is 16.0 Å². The van der Waals surface area contributed by atoms with E-state index in [0.29, 0.717) is 35.0 Å². The SMILES string of the molecule is CC(=O)Nc1ccc(Nc2nc(-c3cccc(NC(=O)CN4N=C(C(F)(F)F)C5CCCCC54)c3)cs2)cc1. The molecule has 0 spiro atoms. The van der Waals surface area contributed by atoms with Crippen LogP contribution in [0.2, 0.25) is 0 Å². The van der Waals surface area contributed by atoms with Crippen LogP contribution in [0.3, 0.4) is 0 Å². The van der Waals surface area contributed by atoms with Crippen molar-refractivity contribution in [2.45, 2.75) is 44.8 Å². The lowest BCUT2D eigenvalue weighted by molar-refractivity contribution is -0.118. The van der Waals surface area contributed by atoms with Crippen LogP contribution in [0.4, 0.5) is 35.4 Å². The number of nitrogens with zero attached hydrogens (tertiary/aromatic N) is 3. The van der Waals surface area contributed by atoms with Crippen molar-refractivity contribution in [1.82, 2.24) is 9.99 Å². The molecule has 1 saturated carbocycles. The number of aromatic nitrogens is 1. The number of benzene rings is 2. The molecular formula is C27H27F3N6O2S. The minimum Gasteiger partial charge on any atom is -0.332 e. The molecule has 5 rings (SSSR count). The van der Waals surface area contributed by atoms with Crippen LogP contribution in [0.1, 0.15) is 32.6 Å². The summed E-state index contributed by atoms with van der Waals surface area (Å²) >= 11 is 1.42. The van der Waals surface area contributed by atoms with Gasteiger partial charge in [0.1, 0.15) is 12.3 Å². The molecule has 3 aromatic rings. The Bertz CT molecular complexity index is 1390. The zero-order valence-electron chi connectivity index (χ0n) is 21.1. The van der Waals surface area contributed by atoms with E-state index in [-0.39, 0.29) is 12.5 Å². The molecule has 2 amide bonds. The summed E-state index contributed by atoms with van der Waals surface area (Å²) in [5, 5.41) is 16.4. The van der Waals surface area contributed by atoms with Crippen molar-refractivity contribution in [2.75, 3.05) is 22.5 Å². The Hall–Kier alpha value is -3.93. The van der Waals surface area contributed by atoms with Gasteiger partial charge in [-0.15, -0.1) is 11.3 Å². The minimum atomic E-state index is -4.49. The van der Waals surface area contributed by atoms with Crippen LogP contribution in [0.15, 0.2) is 59.0 Å². The molecule has 39 heavy (non-hydrogen) atoms. The Kier molecular flexibility index (Phi) is 7.56. The summed E-state index contributed by atoms with van der Waals surface area (Å²) in [5.41, 5.74) is 2.75. The molecule has 12 heteroatoms. The number of alkyl halides is 3. The Morgan fingerprint density at radius 2 is 1.77 bits per heavy atom. The third kappa shape index (κ3) is 6.39. The number of fused-ring (bicyclic) bond motifs is 1. The molecular weight excluding hydrogens is 529 g/mol. The predicted octanol–water partition coefficient (Wildman–Crippen LogP) is 6.24. The Morgan fingerprint density at radius 3 is 2.51 bits per heavy atom. The number of rotatable bonds is 7. The molecule has 8 nitrogen and oxygen atoms in total. The first-order valence-electron chi connectivity index (χ1n) is 12.6. The van der Waals surface area contributed by atoms with Gasteiger partial charge in [-0.2, -0.15) is 18.3 Å². The van der Waals surface area contributed by atoms with Gasteiger partial charge in [-0.25, -0.2) is 4.98 Å². The molecule has 2 atom stereocenters. The fourth-order valence-corrected chi connectivity index (χ4v) is 5.76. The van der Waals surface area contributed by atoms with Gasteiger partial charge in [-0.3, -0.25) is 14.6 Å². The van der Waals surface area contributed by atoms with E-state index >= 15 is 0 Å². The van der Waals surface area contributed by atoms with Crippen LogP contribution < -0.4 is 16.0 Å². The topological polar surface area (TPSA) is 98.7 Å². The van der Waals surface area contributed by atoms with E-state index in [0.717, 1.165) is 24.1 Å². The molecule has 3 N–H and O–H groups in total. The highest BCUT2D eigenvalue weighted by Gasteiger charge is 2.50. The van der Waals surface area contributed by atoms with E-state index in [9.17, 15) is 22.8 Å². The normalized spacial score (nSPS) is 18.8. The number of carbonyl (C=O) groups is 2. The van der Waals surface area contributed by atoms with Crippen LogP contribution in [-0.4, -0.2) is 46.3 Å². The first kappa shape index (κ1) is 26.7. The molecule has 1 aromatic heterocycles. The quantitative estimate of drug-likeness (QED) is 0.320. The van der Waals surface area contributed by atoms with Crippen molar-refractivity contribution in [3.63, 3.8) is 0 Å². The van der Waals surface area contributed by atoms with Crippen molar-refractivity contribution in [2.24, 2.45) is 11.0 Å². The summed E-state index contributed by atoms with van der Waals surface area (Å²) in [4.78, 5) is 28.6. The summed E-state index contributed by atoms with van der Waals surface area (Å²) < 4.78 is 40.5. The lowest BCUT2D eigenvalue weighted by Gasteiger charge is -2.31. The van der Waals surface area contributed by atoms with Gasteiger partial charge in [0.2, 0.25) is 11.8 Å². The molecule has 204 valence electrons.